The number of aryl methyl sites for hydroxylation is 1. The fourth-order valence-corrected chi connectivity index (χ4v) is 4.54. The molecule has 4 nitrogen and oxygen atoms in total. The summed E-state index contributed by atoms with van der Waals surface area (Å²) in [6, 6.07) is 0.457. The maximum atomic E-state index is 12.5. The van der Waals surface area contributed by atoms with Crippen LogP contribution in [0.3, 0.4) is 0 Å². The summed E-state index contributed by atoms with van der Waals surface area (Å²) < 4.78 is 1.98. The van der Waals surface area contributed by atoms with E-state index < -0.39 is 0 Å². The van der Waals surface area contributed by atoms with Crippen molar-refractivity contribution in [2.24, 2.45) is 10.8 Å². The number of imidazole rings is 1. The Hall–Kier alpha value is -1.32. The summed E-state index contributed by atoms with van der Waals surface area (Å²) >= 11 is 0. The number of hydrogen-bond donors (Lipinski definition) is 0. The molecule has 0 spiro atoms. The maximum absolute atomic E-state index is 12.5. The SMILES string of the molecule is CC1(C)CC2CC(C)(CN2C(=O)CCn2ccnc2)C1. The summed E-state index contributed by atoms with van der Waals surface area (Å²) in [5.74, 6) is 0.310. The normalized spacial score (nSPS) is 31.6. The van der Waals surface area contributed by atoms with Gasteiger partial charge in [0.1, 0.15) is 0 Å². The predicted molar refractivity (Wildman–Crippen MR) is 78.1 cm³/mol. The molecule has 1 aliphatic heterocycles. The van der Waals surface area contributed by atoms with Gasteiger partial charge in [0.25, 0.3) is 0 Å². The molecule has 110 valence electrons. The van der Waals surface area contributed by atoms with Crippen LogP contribution < -0.4 is 0 Å². The van der Waals surface area contributed by atoms with E-state index in [1.54, 1.807) is 12.5 Å². The highest BCUT2D eigenvalue weighted by Crippen LogP contribution is 2.52. The molecule has 0 radical (unpaired) electrons. The third kappa shape index (κ3) is 2.60. The summed E-state index contributed by atoms with van der Waals surface area (Å²) in [6.07, 6.45) is 9.62. The van der Waals surface area contributed by atoms with Gasteiger partial charge in [-0.1, -0.05) is 20.8 Å². The first-order valence-corrected chi connectivity index (χ1v) is 7.62. The first-order valence-electron chi connectivity index (χ1n) is 7.62. The molecule has 2 fully saturated rings. The smallest absolute Gasteiger partial charge is 0.224 e. The van der Waals surface area contributed by atoms with Crippen LogP contribution in [0.5, 0.6) is 0 Å². The lowest BCUT2D eigenvalue weighted by Gasteiger charge is -2.39. The van der Waals surface area contributed by atoms with Crippen LogP contribution in [0.2, 0.25) is 0 Å². The largest absolute Gasteiger partial charge is 0.339 e. The zero-order valence-electron chi connectivity index (χ0n) is 12.8. The molecule has 1 saturated heterocycles. The van der Waals surface area contributed by atoms with E-state index in [0.29, 0.717) is 29.2 Å². The molecule has 1 amide bonds. The second-order valence-corrected chi connectivity index (χ2v) is 7.79. The highest BCUT2D eigenvalue weighted by atomic mass is 16.2. The van der Waals surface area contributed by atoms with Crippen molar-refractivity contribution in [2.45, 2.75) is 59.0 Å². The van der Waals surface area contributed by atoms with Gasteiger partial charge >= 0.3 is 0 Å². The fraction of sp³-hybridized carbons (Fsp3) is 0.750. The minimum absolute atomic E-state index is 0.310. The Morgan fingerprint density at radius 3 is 2.85 bits per heavy atom. The molecule has 1 aliphatic carbocycles. The molecule has 0 N–H and O–H groups in total. The molecule has 1 aromatic heterocycles. The average molecular weight is 275 g/mol. The van der Waals surface area contributed by atoms with Gasteiger partial charge in [-0.15, -0.1) is 0 Å². The first-order chi connectivity index (χ1) is 9.37. The number of hydrogen-bond acceptors (Lipinski definition) is 2. The molecule has 3 rings (SSSR count). The van der Waals surface area contributed by atoms with Crippen molar-refractivity contribution in [3.63, 3.8) is 0 Å². The van der Waals surface area contributed by atoms with Crippen LogP contribution in [0.25, 0.3) is 0 Å². The topological polar surface area (TPSA) is 38.1 Å². The lowest BCUT2D eigenvalue weighted by atomic mass is 9.65. The highest BCUT2D eigenvalue weighted by Gasteiger charge is 2.50. The van der Waals surface area contributed by atoms with Crippen LogP contribution in [-0.2, 0) is 11.3 Å². The van der Waals surface area contributed by atoms with E-state index in [9.17, 15) is 4.79 Å². The number of rotatable bonds is 3. The molecule has 4 heteroatoms. The monoisotopic (exact) mass is 275 g/mol. The number of aromatic nitrogens is 2. The van der Waals surface area contributed by atoms with E-state index in [2.05, 4.69) is 30.7 Å². The van der Waals surface area contributed by atoms with E-state index >= 15 is 0 Å². The molecule has 2 heterocycles. The highest BCUT2D eigenvalue weighted by molar-refractivity contribution is 5.77. The van der Waals surface area contributed by atoms with E-state index in [0.717, 1.165) is 19.5 Å². The summed E-state index contributed by atoms with van der Waals surface area (Å²) in [7, 11) is 0. The molecule has 2 bridgehead atoms. The minimum Gasteiger partial charge on any atom is -0.339 e. The van der Waals surface area contributed by atoms with Crippen molar-refractivity contribution >= 4 is 5.91 Å². The van der Waals surface area contributed by atoms with Gasteiger partial charge in [-0.2, -0.15) is 0 Å². The van der Waals surface area contributed by atoms with E-state index in [1.165, 1.54) is 12.8 Å². The van der Waals surface area contributed by atoms with Gasteiger partial charge in [0, 0.05) is 37.9 Å². The van der Waals surface area contributed by atoms with Gasteiger partial charge in [0.15, 0.2) is 0 Å². The van der Waals surface area contributed by atoms with Gasteiger partial charge in [0.2, 0.25) is 5.91 Å². The minimum atomic E-state index is 0.310. The van der Waals surface area contributed by atoms with Crippen molar-refractivity contribution in [3.05, 3.63) is 18.7 Å². The van der Waals surface area contributed by atoms with E-state index in [4.69, 9.17) is 0 Å². The molecule has 20 heavy (non-hydrogen) atoms. The molecule has 1 aromatic rings. The summed E-state index contributed by atoms with van der Waals surface area (Å²) in [5, 5.41) is 0. The van der Waals surface area contributed by atoms with Gasteiger partial charge in [-0.05, 0) is 30.1 Å². The maximum Gasteiger partial charge on any atom is 0.224 e. The van der Waals surface area contributed by atoms with Crippen molar-refractivity contribution in [1.82, 2.24) is 14.5 Å². The van der Waals surface area contributed by atoms with Gasteiger partial charge in [-0.3, -0.25) is 4.79 Å². The van der Waals surface area contributed by atoms with Crippen molar-refractivity contribution in [1.29, 1.82) is 0 Å². The fourth-order valence-electron chi connectivity index (χ4n) is 4.54. The molecular formula is C16H25N3O. The van der Waals surface area contributed by atoms with Crippen LogP contribution in [0.4, 0.5) is 0 Å². The van der Waals surface area contributed by atoms with Crippen LogP contribution in [-0.4, -0.2) is 32.9 Å². The zero-order chi connectivity index (χ0) is 14.4. The molecule has 2 atom stereocenters. The predicted octanol–water partition coefficient (Wildman–Crippen LogP) is 2.70. The molecule has 0 aromatic carbocycles. The number of amides is 1. The summed E-state index contributed by atoms with van der Waals surface area (Å²) in [6.45, 7) is 8.73. The number of nitrogens with zero attached hydrogens (tertiary/aromatic N) is 3. The van der Waals surface area contributed by atoms with Crippen molar-refractivity contribution in [2.75, 3.05) is 6.54 Å². The Kier molecular flexibility index (Phi) is 3.14. The molecular weight excluding hydrogens is 250 g/mol. The summed E-state index contributed by atoms with van der Waals surface area (Å²) in [4.78, 5) is 18.7. The Bertz CT molecular complexity index is 494. The summed E-state index contributed by atoms with van der Waals surface area (Å²) in [5.41, 5.74) is 0.703. The Morgan fingerprint density at radius 2 is 2.15 bits per heavy atom. The quantitative estimate of drug-likeness (QED) is 0.850. The molecule has 1 saturated carbocycles. The van der Waals surface area contributed by atoms with Crippen molar-refractivity contribution in [3.8, 4) is 0 Å². The van der Waals surface area contributed by atoms with Gasteiger partial charge in [-0.25, -0.2) is 4.98 Å². The van der Waals surface area contributed by atoms with Crippen LogP contribution >= 0.6 is 0 Å². The number of carbonyl (C=O) groups excluding carboxylic acids is 1. The van der Waals surface area contributed by atoms with Crippen LogP contribution in [0.1, 0.15) is 46.5 Å². The Labute approximate surface area is 121 Å². The van der Waals surface area contributed by atoms with Crippen LogP contribution in [0.15, 0.2) is 18.7 Å². The Balaban J connectivity index is 1.64. The lowest BCUT2D eigenvalue weighted by Crippen LogP contribution is -2.38. The van der Waals surface area contributed by atoms with Crippen LogP contribution in [0, 0.1) is 10.8 Å². The first kappa shape index (κ1) is 13.7. The second-order valence-electron chi connectivity index (χ2n) is 7.79. The second kappa shape index (κ2) is 4.61. The van der Waals surface area contributed by atoms with Gasteiger partial charge in [0.05, 0.1) is 6.33 Å². The third-order valence-corrected chi connectivity index (χ3v) is 4.88. The molecule has 2 aliphatic rings. The van der Waals surface area contributed by atoms with Gasteiger partial charge < -0.3 is 9.47 Å². The third-order valence-electron chi connectivity index (χ3n) is 4.88. The average Bonchev–Trinajstić information content (AvgIpc) is 2.91. The number of carbonyl (C=O) groups is 1. The van der Waals surface area contributed by atoms with E-state index in [-0.39, 0.29) is 0 Å². The molecule has 2 unspecified atom stereocenters. The Morgan fingerprint density at radius 1 is 1.35 bits per heavy atom. The lowest BCUT2D eigenvalue weighted by molar-refractivity contribution is -0.132. The zero-order valence-corrected chi connectivity index (χ0v) is 12.8. The van der Waals surface area contributed by atoms with Crippen molar-refractivity contribution < 1.29 is 4.79 Å². The standard InChI is InChI=1S/C16H25N3O/c1-15(2)8-13-9-16(3,10-15)11-19(13)14(20)4-6-18-7-5-17-12-18/h5,7,12-13H,4,6,8-11H2,1-3H3. The number of fused-ring (bicyclic) bond motifs is 2. The number of likely N-dealkylation sites (tertiary alicyclic amines) is 1. The van der Waals surface area contributed by atoms with E-state index in [1.807, 2.05) is 10.8 Å².